The maximum absolute atomic E-state index is 13.7. The van der Waals surface area contributed by atoms with Crippen molar-refractivity contribution in [1.82, 2.24) is 4.98 Å². The number of hydrogen-bond acceptors (Lipinski definition) is 10. The Hall–Kier alpha value is -5.16. The Balaban J connectivity index is 1.61. The Morgan fingerprint density at radius 2 is 1.77 bits per heavy atom. The molecule has 0 aliphatic carbocycles. The fraction of sp³-hybridized carbons (Fsp3) is 0.212. The van der Waals surface area contributed by atoms with Gasteiger partial charge in [-0.1, -0.05) is 47.7 Å². The summed E-state index contributed by atoms with van der Waals surface area (Å²) in [6, 6.07) is 18.0. The minimum absolute atomic E-state index is 0.0708. The van der Waals surface area contributed by atoms with Crippen molar-refractivity contribution in [3.05, 3.63) is 105 Å². The number of phenols is 1. The second-order valence-electron chi connectivity index (χ2n) is 9.98. The highest BCUT2D eigenvalue weighted by Crippen LogP contribution is 2.45. The number of methoxy groups -OCH3 is 1. The lowest BCUT2D eigenvalue weighted by atomic mass is 9.93. The topological polar surface area (TPSA) is 135 Å². The minimum Gasteiger partial charge on any atom is -0.507 e. The fourth-order valence-corrected chi connectivity index (χ4v) is 5.97. The molecule has 0 radical (unpaired) electrons. The van der Waals surface area contributed by atoms with E-state index in [9.17, 15) is 24.6 Å². The molecule has 0 spiro atoms. The third kappa shape index (κ3) is 5.73. The van der Waals surface area contributed by atoms with E-state index in [0.29, 0.717) is 34.7 Å². The number of aryl methyl sites for hydroxylation is 2. The first-order chi connectivity index (χ1) is 21.1. The standard InChI is InChI=1S/C33H30N2O8S/c1-5-42-25-16-21(11-14-24(25)36)27-26(29(38)31(39)35(27)33-34-19(3)30(44-33)32(40)41-4)28(37)23-13-12-22(15-18(23)2)43-17-20-9-7-6-8-10-20/h6-16,27,36-37H,5,17H2,1-4H3/t27-/m1/s1. The molecular weight excluding hydrogens is 584 g/mol. The summed E-state index contributed by atoms with van der Waals surface area (Å²) < 4.78 is 16.3. The Morgan fingerprint density at radius 1 is 1.02 bits per heavy atom. The van der Waals surface area contributed by atoms with E-state index in [1.165, 1.54) is 25.3 Å². The first kappa shape index (κ1) is 30.3. The molecule has 11 heteroatoms. The molecule has 1 saturated heterocycles. The number of aliphatic hydroxyl groups excluding tert-OH is 1. The van der Waals surface area contributed by atoms with Crippen LogP contribution in [0, 0.1) is 13.8 Å². The number of esters is 1. The number of ketones is 1. The molecule has 1 aliphatic heterocycles. The van der Waals surface area contributed by atoms with Gasteiger partial charge in [-0.25, -0.2) is 9.78 Å². The van der Waals surface area contributed by atoms with Gasteiger partial charge < -0.3 is 24.4 Å². The minimum atomic E-state index is -1.15. The number of ether oxygens (including phenoxy) is 3. The predicted octanol–water partition coefficient (Wildman–Crippen LogP) is 5.86. The molecule has 5 rings (SSSR count). The van der Waals surface area contributed by atoms with E-state index in [4.69, 9.17) is 14.2 Å². The monoisotopic (exact) mass is 614 g/mol. The number of aromatic nitrogens is 1. The van der Waals surface area contributed by atoms with Crippen molar-refractivity contribution in [2.45, 2.75) is 33.4 Å². The van der Waals surface area contributed by atoms with Crippen LogP contribution in [0.5, 0.6) is 17.2 Å². The van der Waals surface area contributed by atoms with Gasteiger partial charge in [-0.15, -0.1) is 0 Å². The molecule has 226 valence electrons. The Kier molecular flexibility index (Phi) is 8.68. The molecule has 10 nitrogen and oxygen atoms in total. The summed E-state index contributed by atoms with van der Waals surface area (Å²) in [7, 11) is 1.24. The molecule has 1 aromatic heterocycles. The van der Waals surface area contributed by atoms with E-state index in [1.807, 2.05) is 30.3 Å². The number of rotatable bonds is 9. The zero-order valence-electron chi connectivity index (χ0n) is 24.5. The summed E-state index contributed by atoms with van der Waals surface area (Å²) in [5, 5.41) is 22.1. The molecule has 1 fully saturated rings. The summed E-state index contributed by atoms with van der Waals surface area (Å²) in [6.07, 6.45) is 0. The SMILES string of the molecule is CCOc1cc([C@@H]2C(=C(O)c3ccc(OCc4ccccc4)cc3C)C(=O)C(=O)N2c2nc(C)c(C(=O)OC)s2)ccc1O. The van der Waals surface area contributed by atoms with Crippen LogP contribution in [-0.2, 0) is 20.9 Å². The summed E-state index contributed by atoms with van der Waals surface area (Å²) in [6.45, 7) is 5.71. The number of anilines is 1. The lowest BCUT2D eigenvalue weighted by molar-refractivity contribution is -0.132. The highest BCUT2D eigenvalue weighted by atomic mass is 32.1. The van der Waals surface area contributed by atoms with Gasteiger partial charge in [0, 0.05) is 5.56 Å². The molecule has 3 aromatic carbocycles. The van der Waals surface area contributed by atoms with Gasteiger partial charge in [0.15, 0.2) is 16.6 Å². The van der Waals surface area contributed by atoms with Crippen molar-refractivity contribution in [1.29, 1.82) is 0 Å². The molecule has 2 N–H and O–H groups in total. The number of aromatic hydroxyl groups is 1. The number of thiazole rings is 1. The smallest absolute Gasteiger partial charge is 0.350 e. The molecule has 1 aliphatic rings. The number of aliphatic hydroxyl groups is 1. The molecule has 0 saturated carbocycles. The van der Waals surface area contributed by atoms with Gasteiger partial charge in [0.05, 0.1) is 31.0 Å². The van der Waals surface area contributed by atoms with E-state index in [0.717, 1.165) is 21.8 Å². The number of carbonyl (C=O) groups excluding carboxylic acids is 3. The molecule has 4 aromatic rings. The van der Waals surface area contributed by atoms with Gasteiger partial charge >= 0.3 is 11.9 Å². The van der Waals surface area contributed by atoms with Crippen LogP contribution in [0.4, 0.5) is 5.13 Å². The maximum Gasteiger partial charge on any atom is 0.350 e. The zero-order chi connectivity index (χ0) is 31.5. The summed E-state index contributed by atoms with van der Waals surface area (Å²) in [5.74, 6) is -2.33. The van der Waals surface area contributed by atoms with Crippen LogP contribution in [0.15, 0.2) is 72.3 Å². The summed E-state index contributed by atoms with van der Waals surface area (Å²) in [5.41, 5.74) is 2.44. The van der Waals surface area contributed by atoms with Crippen molar-refractivity contribution < 1.29 is 38.8 Å². The molecule has 0 unspecified atom stereocenters. The van der Waals surface area contributed by atoms with Gasteiger partial charge in [-0.3, -0.25) is 14.5 Å². The second kappa shape index (κ2) is 12.6. The first-order valence-corrected chi connectivity index (χ1v) is 14.6. The number of nitrogens with zero attached hydrogens (tertiary/aromatic N) is 2. The third-order valence-electron chi connectivity index (χ3n) is 7.11. The predicted molar refractivity (Wildman–Crippen MR) is 164 cm³/mol. The first-order valence-electron chi connectivity index (χ1n) is 13.7. The number of Topliss-reactive ketones (excluding diaryl/α,β-unsaturated/α-hetero) is 1. The largest absolute Gasteiger partial charge is 0.507 e. The fourth-order valence-electron chi connectivity index (χ4n) is 4.96. The summed E-state index contributed by atoms with van der Waals surface area (Å²) >= 11 is 0.895. The molecule has 0 bridgehead atoms. The van der Waals surface area contributed by atoms with Gasteiger partial charge in [0.2, 0.25) is 0 Å². The Morgan fingerprint density at radius 3 is 2.45 bits per heavy atom. The Bertz CT molecular complexity index is 1780. The number of phenolic OH excluding ortho intramolecular Hbond substituents is 1. The van der Waals surface area contributed by atoms with E-state index in [2.05, 4.69) is 4.98 Å². The van der Waals surface area contributed by atoms with Crippen LogP contribution in [0.2, 0.25) is 0 Å². The molecule has 44 heavy (non-hydrogen) atoms. The van der Waals surface area contributed by atoms with Crippen LogP contribution in [0.25, 0.3) is 5.76 Å². The number of benzene rings is 3. The van der Waals surface area contributed by atoms with E-state index >= 15 is 0 Å². The second-order valence-corrected chi connectivity index (χ2v) is 11.0. The molecular formula is C33H30N2O8S. The van der Waals surface area contributed by atoms with Crippen LogP contribution in [0.3, 0.4) is 0 Å². The molecule has 1 atom stereocenters. The van der Waals surface area contributed by atoms with E-state index < -0.39 is 29.5 Å². The van der Waals surface area contributed by atoms with Crippen LogP contribution in [-0.4, -0.2) is 46.6 Å². The lowest BCUT2D eigenvalue weighted by Crippen LogP contribution is -2.29. The maximum atomic E-state index is 13.7. The highest BCUT2D eigenvalue weighted by Gasteiger charge is 2.48. The van der Waals surface area contributed by atoms with Crippen LogP contribution >= 0.6 is 11.3 Å². The van der Waals surface area contributed by atoms with Crippen molar-refractivity contribution in [2.75, 3.05) is 18.6 Å². The van der Waals surface area contributed by atoms with Crippen molar-refractivity contribution in [2.24, 2.45) is 0 Å². The number of amides is 1. The van der Waals surface area contributed by atoms with Gasteiger partial charge in [-0.05, 0) is 67.8 Å². The van der Waals surface area contributed by atoms with Gasteiger partial charge in [-0.2, -0.15) is 0 Å². The van der Waals surface area contributed by atoms with Gasteiger partial charge in [0.25, 0.3) is 5.78 Å². The van der Waals surface area contributed by atoms with Crippen molar-refractivity contribution in [3.63, 3.8) is 0 Å². The average molecular weight is 615 g/mol. The highest BCUT2D eigenvalue weighted by molar-refractivity contribution is 7.17. The van der Waals surface area contributed by atoms with Gasteiger partial charge in [0.1, 0.15) is 23.0 Å². The normalized spacial score (nSPS) is 15.8. The zero-order valence-corrected chi connectivity index (χ0v) is 25.3. The van der Waals surface area contributed by atoms with Crippen LogP contribution < -0.4 is 14.4 Å². The average Bonchev–Trinajstić information content (AvgIpc) is 3.53. The number of carbonyl (C=O) groups is 3. The van der Waals surface area contributed by atoms with E-state index in [1.54, 1.807) is 39.0 Å². The quantitative estimate of drug-likeness (QED) is 0.103. The lowest BCUT2D eigenvalue weighted by Gasteiger charge is -2.24. The summed E-state index contributed by atoms with van der Waals surface area (Å²) in [4.78, 5) is 45.3. The van der Waals surface area contributed by atoms with Crippen LogP contribution in [0.1, 0.15) is 50.6 Å². The van der Waals surface area contributed by atoms with Crippen molar-refractivity contribution >= 4 is 39.9 Å². The molecule has 2 heterocycles. The number of hydrogen-bond donors (Lipinski definition) is 2. The van der Waals surface area contributed by atoms with Crippen molar-refractivity contribution in [3.8, 4) is 17.2 Å². The van der Waals surface area contributed by atoms with E-state index in [-0.39, 0.29) is 33.7 Å². The third-order valence-corrected chi connectivity index (χ3v) is 8.24. The molecule has 1 amide bonds. The Labute approximate surface area is 257 Å².